The van der Waals surface area contributed by atoms with Gasteiger partial charge in [0, 0.05) is 42.9 Å². The molecule has 30 heavy (non-hydrogen) atoms. The Morgan fingerprint density at radius 1 is 1.27 bits per heavy atom. The highest BCUT2D eigenvalue weighted by molar-refractivity contribution is 5.90. The Kier molecular flexibility index (Phi) is 4.74. The van der Waals surface area contributed by atoms with Crippen LogP contribution >= 0.6 is 0 Å². The highest BCUT2D eigenvalue weighted by Gasteiger charge is 2.47. The van der Waals surface area contributed by atoms with E-state index in [0.29, 0.717) is 31.8 Å². The van der Waals surface area contributed by atoms with Crippen molar-refractivity contribution < 1.29 is 4.79 Å². The van der Waals surface area contributed by atoms with Gasteiger partial charge in [-0.25, -0.2) is 9.97 Å². The molecular weight excluding hydrogens is 378 g/mol. The van der Waals surface area contributed by atoms with Gasteiger partial charge in [-0.15, -0.1) is 0 Å². The summed E-state index contributed by atoms with van der Waals surface area (Å²) < 4.78 is 1.86. The lowest BCUT2D eigenvalue weighted by Gasteiger charge is -2.49. The average Bonchev–Trinajstić information content (AvgIpc) is 3.40. The third-order valence-electron chi connectivity index (χ3n) is 6.62. The van der Waals surface area contributed by atoms with Crippen molar-refractivity contribution >= 4 is 16.9 Å². The zero-order valence-electron chi connectivity index (χ0n) is 16.9. The Bertz CT molecular complexity index is 1100. The predicted octanol–water partition coefficient (Wildman–Crippen LogP) is 3.24. The molecule has 0 radical (unpaired) electrons. The van der Waals surface area contributed by atoms with Crippen LogP contribution in [-0.2, 0) is 10.3 Å². The molecule has 2 fully saturated rings. The van der Waals surface area contributed by atoms with Gasteiger partial charge in [0.1, 0.15) is 17.5 Å². The number of rotatable bonds is 5. The second-order valence-corrected chi connectivity index (χ2v) is 8.65. The Hall–Kier alpha value is -3.21. The Balaban J connectivity index is 1.33. The van der Waals surface area contributed by atoms with Crippen molar-refractivity contribution in [1.29, 1.82) is 5.26 Å². The number of fused-ring (bicyclic) bond motifs is 1. The van der Waals surface area contributed by atoms with Crippen LogP contribution in [0.15, 0.2) is 31.0 Å². The Morgan fingerprint density at radius 3 is 2.90 bits per heavy atom. The van der Waals surface area contributed by atoms with Crippen LogP contribution in [0.2, 0.25) is 0 Å². The number of nitrogens with one attached hydrogen (secondary N) is 1. The smallest absolute Gasteiger partial charge is 0.223 e. The summed E-state index contributed by atoms with van der Waals surface area (Å²) in [6, 6.07) is 4.24. The molecule has 1 amide bonds. The number of hydrogen-bond acceptors (Lipinski definition) is 5. The lowest BCUT2D eigenvalue weighted by atomic mass is 9.83. The molecule has 8 nitrogen and oxygen atoms in total. The number of carbonyl (C=O) groups is 1. The minimum absolute atomic E-state index is 0.215. The van der Waals surface area contributed by atoms with Crippen LogP contribution in [0, 0.1) is 17.2 Å². The van der Waals surface area contributed by atoms with Crippen LogP contribution in [0.25, 0.3) is 22.3 Å². The number of likely N-dealkylation sites (tertiary alicyclic amines) is 1. The summed E-state index contributed by atoms with van der Waals surface area (Å²) in [6.45, 7) is 1.08. The zero-order chi connectivity index (χ0) is 20.6. The monoisotopic (exact) mass is 403 g/mol. The second-order valence-electron chi connectivity index (χ2n) is 8.65. The number of aromatic amines is 1. The maximum absolute atomic E-state index is 12.8. The van der Waals surface area contributed by atoms with E-state index in [9.17, 15) is 10.1 Å². The lowest BCUT2D eigenvalue weighted by molar-refractivity contribution is -0.143. The molecule has 0 atom stereocenters. The van der Waals surface area contributed by atoms with E-state index in [1.807, 2.05) is 28.0 Å². The summed E-state index contributed by atoms with van der Waals surface area (Å²) in [4.78, 5) is 26.4. The maximum Gasteiger partial charge on any atom is 0.223 e. The van der Waals surface area contributed by atoms with Gasteiger partial charge in [-0.3, -0.25) is 9.48 Å². The molecule has 1 saturated heterocycles. The van der Waals surface area contributed by atoms with Crippen LogP contribution in [0.3, 0.4) is 0 Å². The zero-order valence-corrected chi connectivity index (χ0v) is 16.9. The van der Waals surface area contributed by atoms with Gasteiger partial charge in [-0.1, -0.05) is 19.3 Å². The predicted molar refractivity (Wildman–Crippen MR) is 111 cm³/mol. The van der Waals surface area contributed by atoms with Gasteiger partial charge in [0.2, 0.25) is 5.91 Å². The molecule has 1 N–H and O–H groups in total. The first-order chi connectivity index (χ1) is 14.7. The molecule has 0 aromatic carbocycles. The normalized spacial score (nSPS) is 18.8. The van der Waals surface area contributed by atoms with Crippen molar-refractivity contribution in [1.82, 2.24) is 29.6 Å². The van der Waals surface area contributed by atoms with Gasteiger partial charge in [-0.05, 0) is 24.8 Å². The molecule has 3 aromatic heterocycles. The molecule has 1 aliphatic heterocycles. The fourth-order valence-corrected chi connectivity index (χ4v) is 4.90. The molecule has 0 unspecified atom stereocenters. The van der Waals surface area contributed by atoms with Gasteiger partial charge in [0.25, 0.3) is 0 Å². The van der Waals surface area contributed by atoms with E-state index >= 15 is 0 Å². The molecular formula is C22H25N7O. The van der Waals surface area contributed by atoms with Crippen molar-refractivity contribution in [3.63, 3.8) is 0 Å². The molecule has 2 aliphatic rings. The molecule has 1 saturated carbocycles. The SMILES string of the molecule is N#CCC1(n2cc(-c3ncnc4[nH]ccc34)cn2)CN(C(=O)CC2CCCCC2)C1. The van der Waals surface area contributed by atoms with Gasteiger partial charge < -0.3 is 9.88 Å². The topological polar surface area (TPSA) is 103 Å². The van der Waals surface area contributed by atoms with E-state index in [-0.39, 0.29) is 5.91 Å². The molecule has 1 aliphatic carbocycles. The number of amides is 1. The minimum atomic E-state index is -0.459. The first-order valence-electron chi connectivity index (χ1n) is 10.7. The van der Waals surface area contributed by atoms with E-state index in [1.54, 1.807) is 6.20 Å². The molecule has 0 spiro atoms. The standard InChI is InChI=1S/C22H25N7O/c23-8-7-22(13-28(14-22)19(30)10-16-4-2-1-3-5-16)29-12-17(11-27-29)20-18-6-9-24-21(18)26-15-25-20/h6,9,11-12,15-16H,1-5,7,10,13-14H2,(H,24,25,26). The fraction of sp³-hybridized carbons (Fsp3) is 0.500. The van der Waals surface area contributed by atoms with Crippen LogP contribution in [0.4, 0.5) is 0 Å². The molecule has 0 bridgehead atoms. The average molecular weight is 403 g/mol. The summed E-state index contributed by atoms with van der Waals surface area (Å²) in [5.41, 5.74) is 2.01. The van der Waals surface area contributed by atoms with Crippen LogP contribution in [0.1, 0.15) is 44.9 Å². The van der Waals surface area contributed by atoms with Gasteiger partial charge in [0.15, 0.2) is 0 Å². The summed E-state index contributed by atoms with van der Waals surface area (Å²) in [7, 11) is 0. The first kappa shape index (κ1) is 18.8. The molecule has 8 heteroatoms. The minimum Gasteiger partial charge on any atom is -0.346 e. The third kappa shape index (κ3) is 3.24. The highest BCUT2D eigenvalue weighted by Crippen LogP contribution is 2.36. The van der Waals surface area contributed by atoms with Crippen LogP contribution in [0.5, 0.6) is 0 Å². The van der Waals surface area contributed by atoms with E-state index in [0.717, 1.165) is 35.1 Å². The summed E-state index contributed by atoms with van der Waals surface area (Å²) in [6.07, 6.45) is 14.2. The molecule has 5 rings (SSSR count). The van der Waals surface area contributed by atoms with Crippen molar-refractivity contribution in [2.45, 2.75) is 50.5 Å². The van der Waals surface area contributed by atoms with Crippen molar-refractivity contribution in [3.8, 4) is 17.3 Å². The number of nitrogens with zero attached hydrogens (tertiary/aromatic N) is 6. The molecule has 154 valence electrons. The quantitative estimate of drug-likeness (QED) is 0.704. The van der Waals surface area contributed by atoms with E-state index < -0.39 is 5.54 Å². The fourth-order valence-electron chi connectivity index (χ4n) is 4.90. The van der Waals surface area contributed by atoms with E-state index in [1.165, 1.54) is 25.6 Å². The summed E-state index contributed by atoms with van der Waals surface area (Å²) >= 11 is 0. The number of H-pyrrole nitrogens is 1. The highest BCUT2D eigenvalue weighted by atomic mass is 16.2. The molecule has 3 aromatic rings. The summed E-state index contributed by atoms with van der Waals surface area (Å²) in [5.74, 6) is 0.739. The van der Waals surface area contributed by atoms with Gasteiger partial charge in [-0.2, -0.15) is 10.4 Å². The van der Waals surface area contributed by atoms with Gasteiger partial charge in [0.05, 0.1) is 24.4 Å². The lowest BCUT2D eigenvalue weighted by Crippen LogP contribution is -2.64. The number of aromatic nitrogens is 5. The molecule has 4 heterocycles. The van der Waals surface area contributed by atoms with Crippen LogP contribution < -0.4 is 0 Å². The number of hydrogen-bond donors (Lipinski definition) is 1. The second kappa shape index (κ2) is 7.56. The van der Waals surface area contributed by atoms with E-state index in [2.05, 4.69) is 26.1 Å². The Labute approximate surface area is 174 Å². The van der Waals surface area contributed by atoms with E-state index in [4.69, 9.17) is 0 Å². The van der Waals surface area contributed by atoms with Crippen molar-refractivity contribution in [3.05, 3.63) is 31.0 Å². The summed E-state index contributed by atoms with van der Waals surface area (Å²) in [5, 5.41) is 14.9. The van der Waals surface area contributed by atoms with Crippen molar-refractivity contribution in [2.24, 2.45) is 5.92 Å². The first-order valence-corrected chi connectivity index (χ1v) is 10.7. The largest absolute Gasteiger partial charge is 0.346 e. The van der Waals surface area contributed by atoms with Crippen molar-refractivity contribution in [2.75, 3.05) is 13.1 Å². The maximum atomic E-state index is 12.8. The third-order valence-corrected chi connectivity index (χ3v) is 6.62. The number of nitriles is 1. The van der Waals surface area contributed by atoms with Crippen LogP contribution in [-0.4, -0.2) is 48.6 Å². The van der Waals surface area contributed by atoms with Gasteiger partial charge >= 0.3 is 0 Å². The number of carbonyl (C=O) groups excluding carboxylic acids is 1. The Morgan fingerprint density at radius 2 is 2.10 bits per heavy atom.